The maximum atomic E-state index is 12.7. The van der Waals surface area contributed by atoms with Crippen molar-refractivity contribution in [3.8, 4) is 0 Å². The lowest BCUT2D eigenvalue weighted by Crippen LogP contribution is -2.20. The lowest BCUT2D eigenvalue weighted by molar-refractivity contribution is 0.0860. The van der Waals surface area contributed by atoms with E-state index in [0.29, 0.717) is 0 Å². The molecule has 3 rings (SSSR count). The van der Waals surface area contributed by atoms with Crippen LogP contribution in [0.5, 0.6) is 0 Å². The number of hydrogen-bond donors (Lipinski definition) is 0. The van der Waals surface area contributed by atoms with Gasteiger partial charge < -0.3 is 0 Å². The summed E-state index contributed by atoms with van der Waals surface area (Å²) in [5.74, 6) is 0.194. The summed E-state index contributed by atoms with van der Waals surface area (Å²) in [5, 5.41) is 4.52. The van der Waals surface area contributed by atoms with Gasteiger partial charge in [0, 0.05) is 16.4 Å². The molecule has 0 atom stereocenters. The van der Waals surface area contributed by atoms with Gasteiger partial charge in [-0.25, -0.2) is 0 Å². The van der Waals surface area contributed by atoms with Crippen molar-refractivity contribution in [1.82, 2.24) is 0 Å². The standard InChI is InChI=1S/C19H18O/c1-19(2,3)18(20)16-10-6-8-14-12-11-13-7-4-5-9-15(13)17(14)16/h4-12H,1-3H3. The topological polar surface area (TPSA) is 17.1 Å². The Bertz CT molecular complexity index is 807. The normalized spacial score (nSPS) is 11.9. The molecule has 0 saturated carbocycles. The van der Waals surface area contributed by atoms with E-state index in [2.05, 4.69) is 30.3 Å². The van der Waals surface area contributed by atoms with Crippen molar-refractivity contribution in [3.05, 3.63) is 60.2 Å². The van der Waals surface area contributed by atoms with Crippen LogP contribution in [0.3, 0.4) is 0 Å². The molecule has 100 valence electrons. The van der Waals surface area contributed by atoms with Crippen molar-refractivity contribution >= 4 is 27.3 Å². The first-order valence-electron chi connectivity index (χ1n) is 6.94. The van der Waals surface area contributed by atoms with E-state index in [0.717, 1.165) is 21.7 Å². The van der Waals surface area contributed by atoms with Crippen LogP contribution in [0.15, 0.2) is 54.6 Å². The maximum absolute atomic E-state index is 12.7. The molecular weight excluding hydrogens is 244 g/mol. The second kappa shape index (κ2) is 4.45. The molecule has 0 heterocycles. The molecule has 3 aromatic rings. The van der Waals surface area contributed by atoms with E-state index in [1.807, 2.05) is 45.0 Å². The highest BCUT2D eigenvalue weighted by Gasteiger charge is 2.24. The number of carbonyl (C=O) groups excluding carboxylic acids is 1. The molecule has 1 heteroatoms. The lowest BCUT2D eigenvalue weighted by Gasteiger charge is -2.18. The molecule has 0 N–H and O–H groups in total. The van der Waals surface area contributed by atoms with Gasteiger partial charge in [-0.15, -0.1) is 0 Å². The summed E-state index contributed by atoms with van der Waals surface area (Å²) in [6.07, 6.45) is 0. The second-order valence-electron chi connectivity index (χ2n) is 6.27. The van der Waals surface area contributed by atoms with Crippen molar-refractivity contribution in [3.63, 3.8) is 0 Å². The molecule has 0 amide bonds. The van der Waals surface area contributed by atoms with Gasteiger partial charge in [0.25, 0.3) is 0 Å². The van der Waals surface area contributed by atoms with Crippen molar-refractivity contribution < 1.29 is 4.79 Å². The summed E-state index contributed by atoms with van der Waals surface area (Å²) in [4.78, 5) is 12.7. The van der Waals surface area contributed by atoms with Crippen LogP contribution in [0.25, 0.3) is 21.5 Å². The Hall–Kier alpha value is -2.15. The van der Waals surface area contributed by atoms with Gasteiger partial charge in [-0.3, -0.25) is 4.79 Å². The minimum Gasteiger partial charge on any atom is -0.294 e. The minimum atomic E-state index is -0.370. The van der Waals surface area contributed by atoms with Gasteiger partial charge in [-0.2, -0.15) is 0 Å². The zero-order valence-corrected chi connectivity index (χ0v) is 12.1. The maximum Gasteiger partial charge on any atom is 0.168 e. The van der Waals surface area contributed by atoms with Crippen molar-refractivity contribution in [2.24, 2.45) is 5.41 Å². The first kappa shape index (κ1) is 12.9. The third-order valence-electron chi connectivity index (χ3n) is 3.70. The number of carbonyl (C=O) groups is 1. The Morgan fingerprint density at radius 2 is 1.45 bits per heavy atom. The molecule has 0 spiro atoms. The average molecular weight is 262 g/mol. The van der Waals surface area contributed by atoms with E-state index in [1.165, 1.54) is 5.39 Å². The lowest BCUT2D eigenvalue weighted by atomic mass is 9.83. The van der Waals surface area contributed by atoms with E-state index < -0.39 is 0 Å². The van der Waals surface area contributed by atoms with Gasteiger partial charge in [0.05, 0.1) is 0 Å². The minimum absolute atomic E-state index is 0.194. The Morgan fingerprint density at radius 1 is 0.800 bits per heavy atom. The Balaban J connectivity index is 2.44. The monoisotopic (exact) mass is 262 g/mol. The van der Waals surface area contributed by atoms with Crippen molar-refractivity contribution in [1.29, 1.82) is 0 Å². The largest absolute Gasteiger partial charge is 0.294 e. The Kier molecular flexibility index (Phi) is 2.86. The van der Waals surface area contributed by atoms with Gasteiger partial charge in [0.2, 0.25) is 0 Å². The predicted molar refractivity (Wildman–Crippen MR) is 85.2 cm³/mol. The molecule has 0 unspecified atom stereocenters. The summed E-state index contributed by atoms with van der Waals surface area (Å²) < 4.78 is 0. The second-order valence-corrected chi connectivity index (χ2v) is 6.27. The molecule has 0 aliphatic heterocycles. The molecule has 20 heavy (non-hydrogen) atoms. The quantitative estimate of drug-likeness (QED) is 0.434. The first-order valence-corrected chi connectivity index (χ1v) is 6.94. The average Bonchev–Trinajstić information content (AvgIpc) is 2.44. The third kappa shape index (κ3) is 2.00. The van der Waals surface area contributed by atoms with E-state index in [9.17, 15) is 4.79 Å². The van der Waals surface area contributed by atoms with E-state index >= 15 is 0 Å². The fraction of sp³-hybridized carbons (Fsp3) is 0.211. The molecule has 0 aromatic heterocycles. The number of benzene rings is 3. The van der Waals surface area contributed by atoms with E-state index in [4.69, 9.17) is 0 Å². The molecule has 0 aliphatic carbocycles. The fourth-order valence-corrected chi connectivity index (χ4v) is 2.65. The predicted octanol–water partition coefficient (Wildman–Crippen LogP) is 5.22. The molecular formula is C19H18O. The van der Waals surface area contributed by atoms with Gasteiger partial charge >= 0.3 is 0 Å². The fourth-order valence-electron chi connectivity index (χ4n) is 2.65. The molecule has 0 saturated heterocycles. The van der Waals surface area contributed by atoms with Gasteiger partial charge in [0.1, 0.15) is 0 Å². The van der Waals surface area contributed by atoms with Gasteiger partial charge in [-0.1, -0.05) is 75.4 Å². The van der Waals surface area contributed by atoms with E-state index in [-0.39, 0.29) is 11.2 Å². The Labute approximate surface area is 119 Å². The van der Waals surface area contributed by atoms with Crippen LogP contribution in [0.4, 0.5) is 0 Å². The Morgan fingerprint density at radius 3 is 2.20 bits per heavy atom. The third-order valence-corrected chi connectivity index (χ3v) is 3.70. The highest BCUT2D eigenvalue weighted by molar-refractivity contribution is 6.19. The summed E-state index contributed by atoms with van der Waals surface area (Å²) in [5.41, 5.74) is 0.456. The zero-order valence-electron chi connectivity index (χ0n) is 12.1. The highest BCUT2D eigenvalue weighted by atomic mass is 16.1. The van der Waals surface area contributed by atoms with Crippen LogP contribution < -0.4 is 0 Å². The number of rotatable bonds is 1. The molecule has 0 radical (unpaired) electrons. The highest BCUT2D eigenvalue weighted by Crippen LogP contribution is 2.32. The van der Waals surface area contributed by atoms with Crippen LogP contribution >= 0.6 is 0 Å². The molecule has 0 fully saturated rings. The molecule has 0 aliphatic rings. The van der Waals surface area contributed by atoms with E-state index in [1.54, 1.807) is 0 Å². The molecule has 0 bridgehead atoms. The van der Waals surface area contributed by atoms with Crippen LogP contribution in [-0.4, -0.2) is 5.78 Å². The molecule has 1 nitrogen and oxygen atoms in total. The zero-order chi connectivity index (χ0) is 14.3. The van der Waals surface area contributed by atoms with Gasteiger partial charge in [0.15, 0.2) is 5.78 Å². The first-order chi connectivity index (χ1) is 9.48. The summed E-state index contributed by atoms with van der Waals surface area (Å²) in [6.45, 7) is 5.91. The summed E-state index contributed by atoms with van der Waals surface area (Å²) in [7, 11) is 0. The molecule has 3 aromatic carbocycles. The SMILES string of the molecule is CC(C)(C)C(=O)c1cccc2ccc3ccccc3c12. The number of hydrogen-bond acceptors (Lipinski definition) is 1. The number of ketones is 1. The van der Waals surface area contributed by atoms with Gasteiger partial charge in [-0.05, 0) is 16.2 Å². The summed E-state index contributed by atoms with van der Waals surface area (Å²) in [6, 6.07) is 18.4. The van der Waals surface area contributed by atoms with Crippen LogP contribution in [0, 0.1) is 5.41 Å². The van der Waals surface area contributed by atoms with Crippen molar-refractivity contribution in [2.75, 3.05) is 0 Å². The van der Waals surface area contributed by atoms with Crippen LogP contribution in [-0.2, 0) is 0 Å². The smallest absolute Gasteiger partial charge is 0.168 e. The van der Waals surface area contributed by atoms with Crippen LogP contribution in [0.1, 0.15) is 31.1 Å². The summed E-state index contributed by atoms with van der Waals surface area (Å²) >= 11 is 0. The van der Waals surface area contributed by atoms with Crippen LogP contribution in [0.2, 0.25) is 0 Å². The number of fused-ring (bicyclic) bond motifs is 3. The number of Topliss-reactive ketones (excluding diaryl/α,β-unsaturated/α-hetero) is 1. The van der Waals surface area contributed by atoms with Crippen molar-refractivity contribution in [2.45, 2.75) is 20.8 Å².